The fourth-order valence-corrected chi connectivity index (χ4v) is 4.52. The molecule has 0 spiro atoms. The molecule has 0 fully saturated rings. The number of rotatable bonds is 2. The lowest BCUT2D eigenvalue weighted by Crippen LogP contribution is -2.21. The van der Waals surface area contributed by atoms with Gasteiger partial charge in [0.05, 0.1) is 13.1 Å². The van der Waals surface area contributed by atoms with Crippen molar-refractivity contribution < 1.29 is 4.79 Å². The van der Waals surface area contributed by atoms with Crippen molar-refractivity contribution >= 4 is 39.0 Å². The zero-order valence-corrected chi connectivity index (χ0v) is 14.5. The summed E-state index contributed by atoms with van der Waals surface area (Å²) in [5.41, 5.74) is 1.64. The Hall–Kier alpha value is 0.530. The van der Waals surface area contributed by atoms with Crippen LogP contribution in [0.25, 0.3) is 0 Å². The molecule has 0 amide bonds. The number of hydrogen-bond acceptors (Lipinski definition) is 3. The SMILES string of the molecule is CC.CC1CCc2nnn(P(P)PP)c2C1=O. The summed E-state index contributed by atoms with van der Waals surface area (Å²) in [6.07, 6.45) is 1.79. The van der Waals surface area contributed by atoms with Gasteiger partial charge in [0.2, 0.25) is 0 Å². The van der Waals surface area contributed by atoms with Crippen molar-refractivity contribution in [2.45, 2.75) is 33.6 Å². The van der Waals surface area contributed by atoms with Gasteiger partial charge in [0.25, 0.3) is 0 Å². The summed E-state index contributed by atoms with van der Waals surface area (Å²) >= 11 is 0. The smallest absolute Gasteiger partial charge is 0.185 e. The van der Waals surface area contributed by atoms with Crippen LogP contribution in [0.3, 0.4) is 0 Å². The predicted octanol–water partition coefficient (Wildman–Crippen LogP) is 3.49. The minimum Gasteiger partial charge on any atom is -0.292 e. The van der Waals surface area contributed by atoms with Crippen LogP contribution >= 0.6 is 33.3 Å². The number of carbonyl (C=O) groups is 1. The third-order valence-electron chi connectivity index (χ3n) is 2.55. The van der Waals surface area contributed by atoms with Gasteiger partial charge in [-0.3, -0.25) is 4.79 Å². The molecule has 5 atom stereocenters. The Bertz CT molecular complexity index is 396. The molecule has 1 aliphatic carbocycles. The van der Waals surface area contributed by atoms with Crippen LogP contribution < -0.4 is 0 Å². The van der Waals surface area contributed by atoms with E-state index in [2.05, 4.69) is 28.2 Å². The third-order valence-corrected chi connectivity index (χ3v) is 11.9. The molecule has 1 aliphatic rings. The van der Waals surface area contributed by atoms with Crippen LogP contribution in [0.4, 0.5) is 0 Å². The molecule has 5 unspecified atom stereocenters. The molecule has 1 aromatic rings. The van der Waals surface area contributed by atoms with E-state index in [1.165, 1.54) is 0 Å². The van der Waals surface area contributed by atoms with E-state index < -0.39 is 7.45 Å². The largest absolute Gasteiger partial charge is 0.292 e. The molecule has 0 N–H and O–H groups in total. The van der Waals surface area contributed by atoms with Crippen molar-refractivity contribution in [2.24, 2.45) is 5.92 Å². The summed E-state index contributed by atoms with van der Waals surface area (Å²) in [6, 6.07) is 0. The fourth-order valence-electron chi connectivity index (χ4n) is 1.64. The fraction of sp³-hybridized carbons (Fsp3) is 0.667. The molecule has 1 heterocycles. The van der Waals surface area contributed by atoms with Gasteiger partial charge in [0, 0.05) is 5.92 Å². The Kier molecular flexibility index (Phi) is 6.60. The molecule has 17 heavy (non-hydrogen) atoms. The van der Waals surface area contributed by atoms with Crippen molar-refractivity contribution in [3.05, 3.63) is 11.4 Å². The van der Waals surface area contributed by atoms with Crippen molar-refractivity contribution in [3.8, 4) is 0 Å². The van der Waals surface area contributed by atoms with E-state index in [0.717, 1.165) is 24.2 Å². The lowest BCUT2D eigenvalue weighted by molar-refractivity contribution is 0.0906. The highest BCUT2D eigenvalue weighted by Gasteiger charge is 2.30. The van der Waals surface area contributed by atoms with Crippen molar-refractivity contribution in [1.82, 2.24) is 14.8 Å². The van der Waals surface area contributed by atoms with Crippen LogP contribution in [0, 0.1) is 5.92 Å². The van der Waals surface area contributed by atoms with E-state index in [4.69, 9.17) is 0 Å². The van der Waals surface area contributed by atoms with Crippen LogP contribution in [0.5, 0.6) is 0 Å². The third kappa shape index (κ3) is 3.30. The first-order valence-electron chi connectivity index (χ1n) is 5.65. The Balaban J connectivity index is 0.000000686. The Labute approximate surface area is 110 Å². The molecule has 0 radical (unpaired) electrons. The lowest BCUT2D eigenvalue weighted by atomic mass is 9.90. The standard InChI is InChI=1S/C7H13N3OP4.C2H6/c1-4-2-3-5-6(7(4)11)10(9-8-5)15(13)14-12;1-2/h4,14H,2-3,12-13H2,1H3;1-2H3. The Morgan fingerprint density at radius 1 is 1.53 bits per heavy atom. The molecule has 0 bridgehead atoms. The zero-order chi connectivity index (χ0) is 13.0. The summed E-state index contributed by atoms with van der Waals surface area (Å²) in [4.78, 5) is 12.0. The number of carbonyl (C=O) groups excluding carboxylic acids is 1. The maximum absolute atomic E-state index is 12.0. The lowest BCUT2D eigenvalue weighted by Gasteiger charge is -2.18. The molecule has 96 valence electrons. The van der Waals surface area contributed by atoms with Gasteiger partial charge in [-0.05, 0) is 20.8 Å². The number of Topliss-reactive ketones (excluding diaryl/α,β-unsaturated/α-hetero) is 1. The zero-order valence-electron chi connectivity index (χ0n) is 10.3. The van der Waals surface area contributed by atoms with Crippen molar-refractivity contribution in [3.63, 3.8) is 0 Å². The van der Waals surface area contributed by atoms with Crippen LogP contribution in [0.2, 0.25) is 0 Å². The topological polar surface area (TPSA) is 47.8 Å². The van der Waals surface area contributed by atoms with E-state index in [0.29, 0.717) is 7.96 Å². The van der Waals surface area contributed by atoms with Gasteiger partial charge in [0.1, 0.15) is 5.69 Å². The Morgan fingerprint density at radius 2 is 2.18 bits per heavy atom. The molecule has 0 saturated heterocycles. The van der Waals surface area contributed by atoms with E-state index in [9.17, 15) is 4.79 Å². The average molecular weight is 309 g/mol. The molecule has 0 saturated carbocycles. The molecular weight excluding hydrogens is 290 g/mol. The highest BCUT2D eigenvalue weighted by atomic mass is 32.6. The number of fused-ring (bicyclic) bond motifs is 1. The van der Waals surface area contributed by atoms with Crippen LogP contribution in [0.15, 0.2) is 0 Å². The Morgan fingerprint density at radius 3 is 2.76 bits per heavy atom. The number of ketones is 1. The van der Waals surface area contributed by atoms with Gasteiger partial charge < -0.3 is 0 Å². The van der Waals surface area contributed by atoms with E-state index in [1.54, 1.807) is 0 Å². The average Bonchev–Trinajstić information content (AvgIpc) is 2.80. The maximum Gasteiger partial charge on any atom is 0.185 e. The van der Waals surface area contributed by atoms with Gasteiger partial charge in [-0.25, -0.2) is 4.45 Å². The van der Waals surface area contributed by atoms with Crippen LogP contribution in [-0.4, -0.2) is 20.5 Å². The molecule has 4 nitrogen and oxygen atoms in total. The minimum absolute atomic E-state index is 0.121. The predicted molar refractivity (Wildman–Crippen MR) is 83.2 cm³/mol. The summed E-state index contributed by atoms with van der Waals surface area (Å²) in [7, 11) is 5.69. The number of aromatic nitrogens is 3. The van der Waals surface area contributed by atoms with Gasteiger partial charge >= 0.3 is 0 Å². The first-order valence-corrected chi connectivity index (χ1v) is 12.2. The molecular formula is C9H19N3OP4. The van der Waals surface area contributed by atoms with Crippen molar-refractivity contribution in [1.29, 1.82) is 0 Å². The van der Waals surface area contributed by atoms with E-state index in [-0.39, 0.29) is 11.7 Å². The summed E-state index contributed by atoms with van der Waals surface area (Å²) < 4.78 is 1.82. The second kappa shape index (κ2) is 7.20. The highest BCUT2D eigenvalue weighted by molar-refractivity contribution is 8.60. The monoisotopic (exact) mass is 309 g/mol. The van der Waals surface area contributed by atoms with Gasteiger partial charge in [-0.1, -0.05) is 34.9 Å². The second-order valence-electron chi connectivity index (χ2n) is 3.55. The molecule has 0 aromatic carbocycles. The van der Waals surface area contributed by atoms with Crippen LogP contribution in [-0.2, 0) is 6.42 Å². The quantitative estimate of drug-likeness (QED) is 0.786. The number of nitrogens with zero attached hydrogens (tertiary/aromatic N) is 3. The summed E-state index contributed by atoms with van der Waals surface area (Å²) in [5, 5.41) is 8.20. The molecule has 0 aliphatic heterocycles. The first-order chi connectivity index (χ1) is 8.15. The van der Waals surface area contributed by atoms with Crippen LogP contribution in [0.1, 0.15) is 43.4 Å². The molecule has 8 heteroatoms. The van der Waals surface area contributed by atoms with Crippen molar-refractivity contribution in [2.75, 3.05) is 0 Å². The second-order valence-corrected chi connectivity index (χ2v) is 12.4. The minimum atomic E-state index is -0.467. The molecule has 1 aromatic heterocycles. The number of hydrogen-bond donors (Lipinski definition) is 0. The summed E-state index contributed by atoms with van der Waals surface area (Å²) in [5.74, 6) is 0.329. The first kappa shape index (κ1) is 15.6. The number of aryl methyl sites for hydroxylation is 1. The highest BCUT2D eigenvalue weighted by Crippen LogP contribution is 2.66. The van der Waals surface area contributed by atoms with E-state index in [1.807, 2.05) is 25.2 Å². The normalized spacial score (nSPS) is 21.0. The van der Waals surface area contributed by atoms with Gasteiger partial charge in [-0.15, -0.1) is 14.0 Å². The summed E-state index contributed by atoms with van der Waals surface area (Å²) in [6.45, 7) is 5.98. The van der Waals surface area contributed by atoms with Gasteiger partial charge in [0.15, 0.2) is 5.78 Å². The van der Waals surface area contributed by atoms with E-state index >= 15 is 0 Å². The maximum atomic E-state index is 12.0. The van der Waals surface area contributed by atoms with Gasteiger partial charge in [-0.2, -0.15) is 0 Å². The molecule has 2 rings (SSSR count).